The Hall–Kier alpha value is -2.32. The van der Waals surface area contributed by atoms with Crippen molar-refractivity contribution < 1.29 is 22.0 Å². The van der Waals surface area contributed by atoms with Crippen molar-refractivity contribution in [2.75, 3.05) is 24.5 Å². The van der Waals surface area contributed by atoms with E-state index in [1.807, 2.05) is 6.92 Å². The molecule has 0 bridgehead atoms. The van der Waals surface area contributed by atoms with Crippen molar-refractivity contribution in [2.45, 2.75) is 31.1 Å². The molecule has 0 unspecified atom stereocenters. The van der Waals surface area contributed by atoms with Crippen LogP contribution in [0.5, 0.6) is 0 Å². The van der Waals surface area contributed by atoms with Crippen molar-refractivity contribution in [1.29, 1.82) is 0 Å². The van der Waals surface area contributed by atoms with Gasteiger partial charge in [-0.2, -0.15) is 4.31 Å². The normalized spacial score (nSPS) is 18.1. The Balaban J connectivity index is 1.46. The highest BCUT2D eigenvalue weighted by Crippen LogP contribution is 2.34. The summed E-state index contributed by atoms with van der Waals surface area (Å²) in [7, 11) is -3.60. The van der Waals surface area contributed by atoms with Crippen LogP contribution in [0.2, 0.25) is 0 Å². The Morgan fingerprint density at radius 1 is 1.03 bits per heavy atom. The second kappa shape index (κ2) is 7.50. The van der Waals surface area contributed by atoms with E-state index in [0.717, 1.165) is 11.6 Å². The lowest BCUT2D eigenvalue weighted by molar-refractivity contribution is -0.123. The molecule has 0 saturated carbocycles. The van der Waals surface area contributed by atoms with Crippen molar-refractivity contribution in [3.8, 4) is 0 Å². The molecule has 1 fully saturated rings. The lowest BCUT2D eigenvalue weighted by Gasteiger charge is -2.32. The molecule has 0 N–H and O–H groups in total. The summed E-state index contributed by atoms with van der Waals surface area (Å²) in [4.78, 5) is 14.6. The van der Waals surface area contributed by atoms with Crippen molar-refractivity contribution in [3.63, 3.8) is 0 Å². The number of benzene rings is 2. The van der Waals surface area contributed by atoms with E-state index in [0.29, 0.717) is 37.1 Å². The zero-order chi connectivity index (χ0) is 20.8. The van der Waals surface area contributed by atoms with Gasteiger partial charge in [0.05, 0.1) is 10.6 Å². The number of sulfonamides is 1. The van der Waals surface area contributed by atoms with Crippen LogP contribution in [0.4, 0.5) is 14.5 Å². The third-order valence-electron chi connectivity index (χ3n) is 5.74. The fraction of sp³-hybridized carbons (Fsp3) is 0.381. The van der Waals surface area contributed by atoms with Gasteiger partial charge in [0, 0.05) is 37.2 Å². The van der Waals surface area contributed by atoms with E-state index in [-0.39, 0.29) is 29.8 Å². The molecule has 1 saturated heterocycles. The van der Waals surface area contributed by atoms with Gasteiger partial charge in [-0.15, -0.1) is 0 Å². The lowest BCUT2D eigenvalue weighted by atomic mass is 9.96. The van der Waals surface area contributed by atoms with E-state index < -0.39 is 21.7 Å². The molecule has 2 aromatic rings. The first kappa shape index (κ1) is 20.0. The van der Waals surface area contributed by atoms with E-state index in [4.69, 9.17) is 0 Å². The Morgan fingerprint density at radius 3 is 2.34 bits per heavy atom. The van der Waals surface area contributed by atoms with Gasteiger partial charge in [0.1, 0.15) is 11.6 Å². The molecule has 0 atom stereocenters. The number of amides is 1. The van der Waals surface area contributed by atoms with Gasteiger partial charge >= 0.3 is 0 Å². The molecular weight excluding hydrogens is 398 g/mol. The Bertz CT molecular complexity index is 1050. The molecule has 2 aliphatic rings. The first-order chi connectivity index (χ1) is 13.8. The van der Waals surface area contributed by atoms with E-state index in [1.165, 1.54) is 15.3 Å². The Kier molecular flexibility index (Phi) is 5.16. The van der Waals surface area contributed by atoms with Gasteiger partial charge < -0.3 is 4.90 Å². The maximum absolute atomic E-state index is 13.9. The van der Waals surface area contributed by atoms with Crippen molar-refractivity contribution in [3.05, 3.63) is 59.2 Å². The molecule has 5 nitrogen and oxygen atoms in total. The number of piperidine rings is 1. The number of fused-ring (bicyclic) bond motifs is 1. The van der Waals surface area contributed by atoms with Crippen LogP contribution in [0.25, 0.3) is 0 Å². The van der Waals surface area contributed by atoms with Crippen molar-refractivity contribution in [2.24, 2.45) is 5.92 Å². The van der Waals surface area contributed by atoms with Crippen LogP contribution < -0.4 is 4.90 Å². The van der Waals surface area contributed by atoms with Gasteiger partial charge in [0.15, 0.2) is 0 Å². The van der Waals surface area contributed by atoms with E-state index in [2.05, 4.69) is 0 Å². The van der Waals surface area contributed by atoms with Gasteiger partial charge in [-0.1, -0.05) is 17.7 Å². The minimum absolute atomic E-state index is 0.193. The molecule has 4 rings (SSSR count). The van der Waals surface area contributed by atoms with Crippen LogP contribution in [0.3, 0.4) is 0 Å². The van der Waals surface area contributed by atoms with Crippen molar-refractivity contribution in [1.82, 2.24) is 4.31 Å². The molecule has 2 aliphatic heterocycles. The maximum Gasteiger partial charge on any atom is 0.243 e. The van der Waals surface area contributed by atoms with E-state index >= 15 is 0 Å². The fourth-order valence-electron chi connectivity index (χ4n) is 4.07. The summed E-state index contributed by atoms with van der Waals surface area (Å²) in [5, 5.41) is 0. The van der Waals surface area contributed by atoms with Crippen LogP contribution in [-0.2, 0) is 21.2 Å². The topological polar surface area (TPSA) is 57.7 Å². The summed E-state index contributed by atoms with van der Waals surface area (Å²) >= 11 is 0. The molecule has 2 aromatic carbocycles. The lowest BCUT2D eigenvalue weighted by Crippen LogP contribution is -2.44. The molecule has 1 amide bonds. The van der Waals surface area contributed by atoms with E-state index in [9.17, 15) is 22.0 Å². The number of halogens is 2. The van der Waals surface area contributed by atoms with Crippen LogP contribution in [0.15, 0.2) is 41.3 Å². The van der Waals surface area contributed by atoms with Gasteiger partial charge in [0.25, 0.3) is 0 Å². The second-order valence-electron chi connectivity index (χ2n) is 7.62. The molecule has 0 aliphatic carbocycles. The average molecular weight is 420 g/mol. The number of hydrogen-bond donors (Lipinski definition) is 0. The standard InChI is InChI=1S/C21H22F2N2O3S/c1-14-2-4-17(5-3-14)29(27,28)24-9-6-15(7-10-24)21(26)25-11-8-18-19(23)12-16(22)13-20(18)25/h2-5,12-13,15H,6-11H2,1H3. The number of nitrogens with zero attached hydrogens (tertiary/aromatic N) is 2. The molecule has 8 heteroatoms. The van der Waals surface area contributed by atoms with Gasteiger partial charge in [-0.25, -0.2) is 17.2 Å². The first-order valence-corrected chi connectivity index (χ1v) is 11.1. The summed E-state index contributed by atoms with van der Waals surface area (Å²) in [6, 6.07) is 8.72. The number of carbonyl (C=O) groups excluding carboxylic acids is 1. The van der Waals surface area contributed by atoms with Crippen LogP contribution in [-0.4, -0.2) is 38.3 Å². The van der Waals surface area contributed by atoms with Gasteiger partial charge in [-0.3, -0.25) is 4.79 Å². The highest BCUT2D eigenvalue weighted by molar-refractivity contribution is 7.89. The first-order valence-electron chi connectivity index (χ1n) is 9.63. The molecule has 29 heavy (non-hydrogen) atoms. The monoisotopic (exact) mass is 420 g/mol. The SMILES string of the molecule is Cc1ccc(S(=O)(=O)N2CCC(C(=O)N3CCc4c(F)cc(F)cc43)CC2)cc1. The number of anilines is 1. The zero-order valence-electron chi connectivity index (χ0n) is 16.1. The summed E-state index contributed by atoms with van der Waals surface area (Å²) in [6.07, 6.45) is 1.12. The average Bonchev–Trinajstić information content (AvgIpc) is 3.12. The number of aryl methyl sites for hydroxylation is 1. The highest BCUT2D eigenvalue weighted by Gasteiger charge is 2.36. The number of rotatable bonds is 3. The number of carbonyl (C=O) groups is 1. The predicted octanol–water partition coefficient (Wildman–Crippen LogP) is 3.26. The fourth-order valence-corrected chi connectivity index (χ4v) is 5.54. The minimum atomic E-state index is -3.60. The molecule has 2 heterocycles. The molecule has 154 valence electrons. The molecular formula is C21H22F2N2O3S. The Labute approximate surface area is 169 Å². The maximum atomic E-state index is 13.9. The Morgan fingerprint density at radius 2 is 1.69 bits per heavy atom. The van der Waals surface area contributed by atoms with Gasteiger partial charge in [0.2, 0.25) is 15.9 Å². The van der Waals surface area contributed by atoms with Crippen LogP contribution >= 0.6 is 0 Å². The van der Waals surface area contributed by atoms with Crippen molar-refractivity contribution >= 4 is 21.6 Å². The second-order valence-corrected chi connectivity index (χ2v) is 9.55. The predicted molar refractivity (Wildman–Crippen MR) is 105 cm³/mol. The molecule has 0 radical (unpaired) electrons. The van der Waals surface area contributed by atoms with Crippen LogP contribution in [0.1, 0.15) is 24.0 Å². The largest absolute Gasteiger partial charge is 0.311 e. The molecule has 0 aromatic heterocycles. The third-order valence-corrected chi connectivity index (χ3v) is 7.65. The van der Waals surface area contributed by atoms with E-state index in [1.54, 1.807) is 24.3 Å². The van der Waals surface area contributed by atoms with Gasteiger partial charge in [-0.05, 0) is 44.4 Å². The summed E-state index contributed by atoms with van der Waals surface area (Å²) < 4.78 is 54.6. The summed E-state index contributed by atoms with van der Waals surface area (Å²) in [6.45, 7) is 2.69. The molecule has 0 spiro atoms. The summed E-state index contributed by atoms with van der Waals surface area (Å²) in [5.41, 5.74) is 1.63. The minimum Gasteiger partial charge on any atom is -0.311 e. The number of hydrogen-bond acceptors (Lipinski definition) is 3. The third kappa shape index (κ3) is 3.67. The highest BCUT2D eigenvalue weighted by atomic mass is 32.2. The zero-order valence-corrected chi connectivity index (χ0v) is 16.9. The summed E-state index contributed by atoms with van der Waals surface area (Å²) in [5.74, 6) is -1.90. The van der Waals surface area contributed by atoms with Crippen LogP contribution in [0, 0.1) is 24.5 Å². The smallest absolute Gasteiger partial charge is 0.243 e. The quantitative estimate of drug-likeness (QED) is 0.766.